The lowest BCUT2D eigenvalue weighted by Crippen LogP contribution is -2.42. The van der Waals surface area contributed by atoms with Crippen LogP contribution in [0.15, 0.2) is 35.5 Å². The predicted octanol–water partition coefficient (Wildman–Crippen LogP) is 5.94. The Balaban J connectivity index is 2.94. The highest BCUT2D eigenvalue weighted by Crippen LogP contribution is 2.20. The van der Waals surface area contributed by atoms with Crippen molar-refractivity contribution in [3.05, 3.63) is 35.5 Å². The minimum atomic E-state index is -1.15. The fourth-order valence-electron chi connectivity index (χ4n) is 5.44. The Labute approximate surface area is 261 Å². The van der Waals surface area contributed by atoms with Crippen LogP contribution in [-0.4, -0.2) is 71.9 Å². The molecule has 0 spiro atoms. The molecule has 0 bridgehead atoms. The summed E-state index contributed by atoms with van der Waals surface area (Å²) in [4.78, 5) is 25.6. The summed E-state index contributed by atoms with van der Waals surface area (Å²) in [6.07, 6.45) is 16.4. The van der Waals surface area contributed by atoms with Gasteiger partial charge in [-0.2, -0.15) is 0 Å². The Kier molecular flexibility index (Phi) is 21.2. The summed E-state index contributed by atoms with van der Waals surface area (Å²) in [6.45, 7) is 8.27. The van der Waals surface area contributed by atoms with E-state index in [-0.39, 0.29) is 18.9 Å². The number of amides is 1. The molecule has 6 atom stereocenters. The van der Waals surface area contributed by atoms with Gasteiger partial charge in [0.1, 0.15) is 0 Å². The van der Waals surface area contributed by atoms with E-state index in [1.54, 1.807) is 14.0 Å². The number of β-amino-alcohol motifs (C(OH)–C–C–N with tert-alkyl or cyclic N) is 1. The number of carbonyl (C=O) groups excluding carboxylic acids is 2. The molecule has 8 heteroatoms. The maximum atomic E-state index is 12.8. The molecule has 1 heterocycles. The third-order valence-corrected chi connectivity index (χ3v) is 8.23. The van der Waals surface area contributed by atoms with Crippen molar-refractivity contribution >= 4 is 11.9 Å². The number of nitrogens with one attached hydrogen (secondary N) is 1. The maximum absolute atomic E-state index is 12.8. The number of allylic oxidation sites excluding steroid dienone is 4. The first kappa shape index (κ1) is 39.0. The number of ether oxygens (including phenoxy) is 2. The van der Waals surface area contributed by atoms with Crippen molar-refractivity contribution in [2.75, 3.05) is 20.3 Å². The molecule has 1 amide bonds. The third-order valence-electron chi connectivity index (χ3n) is 8.23. The number of esters is 1. The molecule has 0 aromatic carbocycles. The summed E-state index contributed by atoms with van der Waals surface area (Å²) in [5.41, 5.74) is 1.52. The van der Waals surface area contributed by atoms with Gasteiger partial charge < -0.3 is 30.1 Å². The maximum Gasteiger partial charge on any atom is 0.334 e. The van der Waals surface area contributed by atoms with Crippen LogP contribution in [0.5, 0.6) is 0 Å². The lowest BCUT2D eigenvalue weighted by atomic mass is 9.96. The first-order valence-corrected chi connectivity index (χ1v) is 16.7. The second-order valence-corrected chi connectivity index (χ2v) is 12.3. The molecular weight excluding hydrogens is 546 g/mol. The van der Waals surface area contributed by atoms with Crippen LogP contribution in [0.2, 0.25) is 0 Å². The monoisotopic (exact) mass is 607 g/mol. The van der Waals surface area contributed by atoms with E-state index in [2.05, 4.69) is 31.3 Å². The number of hydrogen-bond donors (Lipinski definition) is 4. The molecule has 8 nitrogen and oxygen atoms in total. The normalized spacial score (nSPS) is 32.6. The van der Waals surface area contributed by atoms with E-state index in [1.165, 1.54) is 38.5 Å². The number of aliphatic hydroxyl groups is 3. The second kappa shape index (κ2) is 23.4. The number of rotatable bonds is 5. The summed E-state index contributed by atoms with van der Waals surface area (Å²) < 4.78 is 10.9. The molecule has 0 saturated heterocycles. The van der Waals surface area contributed by atoms with E-state index in [4.69, 9.17) is 9.47 Å². The van der Waals surface area contributed by atoms with E-state index in [9.17, 15) is 24.9 Å². The Morgan fingerprint density at radius 1 is 0.977 bits per heavy atom. The molecule has 43 heavy (non-hydrogen) atoms. The van der Waals surface area contributed by atoms with Gasteiger partial charge in [-0.05, 0) is 62.9 Å². The number of aliphatic hydroxyl groups excluding tert-OH is 3. The van der Waals surface area contributed by atoms with Gasteiger partial charge >= 0.3 is 5.97 Å². The smallest absolute Gasteiger partial charge is 0.334 e. The van der Waals surface area contributed by atoms with Crippen molar-refractivity contribution in [2.45, 2.75) is 142 Å². The average Bonchev–Trinajstić information content (AvgIpc) is 2.97. The summed E-state index contributed by atoms with van der Waals surface area (Å²) in [6, 6.07) is 0. The fourth-order valence-corrected chi connectivity index (χ4v) is 5.44. The van der Waals surface area contributed by atoms with Gasteiger partial charge in [-0.3, -0.25) is 4.79 Å². The van der Waals surface area contributed by atoms with Crippen molar-refractivity contribution < 1.29 is 34.4 Å². The van der Waals surface area contributed by atoms with Crippen LogP contribution in [0.1, 0.15) is 118 Å². The highest BCUT2D eigenvalue weighted by Gasteiger charge is 2.25. The largest absolute Gasteiger partial charge is 0.449 e. The first-order valence-electron chi connectivity index (χ1n) is 16.7. The van der Waals surface area contributed by atoms with E-state index in [0.29, 0.717) is 43.8 Å². The highest BCUT2D eigenvalue weighted by atomic mass is 16.5. The Morgan fingerprint density at radius 2 is 1.65 bits per heavy atom. The quantitative estimate of drug-likeness (QED) is 0.285. The van der Waals surface area contributed by atoms with Crippen LogP contribution in [-0.2, 0) is 19.1 Å². The van der Waals surface area contributed by atoms with Crippen molar-refractivity contribution in [3.63, 3.8) is 0 Å². The number of methoxy groups -OCH3 is 1. The minimum Gasteiger partial charge on any atom is -0.449 e. The predicted molar refractivity (Wildman–Crippen MR) is 172 cm³/mol. The molecule has 248 valence electrons. The van der Waals surface area contributed by atoms with Gasteiger partial charge in [0.15, 0.2) is 6.10 Å². The first-order chi connectivity index (χ1) is 20.6. The summed E-state index contributed by atoms with van der Waals surface area (Å²) in [5, 5.41) is 34.1. The van der Waals surface area contributed by atoms with Gasteiger partial charge in [-0.25, -0.2) is 4.79 Å². The van der Waals surface area contributed by atoms with Gasteiger partial charge in [0.2, 0.25) is 0 Å². The van der Waals surface area contributed by atoms with Gasteiger partial charge in [0, 0.05) is 25.6 Å². The molecule has 1 aliphatic heterocycles. The standard InChI is InChI=1S/C35H61NO7/c1-6-15-33-34(40)36-24-30(37)23-32(39)31(38)21-20-29(25-42-5)19-14-18-28(7-2)17-13-11-9-8-10-12-16-26(3)22-27(4)35(41)43-33/h14,18-19,22,26,28,30-33,37-39H,6-13,15-17,20-21,23-25H2,1-5H3,(H,36,40)/b18-14+,27-22+,29-19-/t26-,28?,30+,31-,32+,33+/m1/s1. The summed E-state index contributed by atoms with van der Waals surface area (Å²) in [7, 11) is 1.64. The molecule has 1 unspecified atom stereocenters. The minimum absolute atomic E-state index is 0.0964. The van der Waals surface area contributed by atoms with Crippen molar-refractivity contribution in [1.82, 2.24) is 5.32 Å². The van der Waals surface area contributed by atoms with Gasteiger partial charge in [-0.15, -0.1) is 0 Å². The van der Waals surface area contributed by atoms with Gasteiger partial charge in [0.05, 0.1) is 24.9 Å². The fraction of sp³-hybridized carbons (Fsp3) is 0.771. The number of hydrogen-bond acceptors (Lipinski definition) is 7. The van der Waals surface area contributed by atoms with Crippen LogP contribution in [0.25, 0.3) is 0 Å². The van der Waals surface area contributed by atoms with E-state index >= 15 is 0 Å². The van der Waals surface area contributed by atoms with Crippen molar-refractivity contribution in [2.24, 2.45) is 11.8 Å². The zero-order valence-corrected chi connectivity index (χ0v) is 27.6. The zero-order valence-electron chi connectivity index (χ0n) is 27.6. The van der Waals surface area contributed by atoms with Crippen LogP contribution < -0.4 is 5.32 Å². The van der Waals surface area contributed by atoms with Crippen LogP contribution in [0.3, 0.4) is 0 Å². The van der Waals surface area contributed by atoms with Crippen LogP contribution in [0.4, 0.5) is 0 Å². The van der Waals surface area contributed by atoms with Crippen LogP contribution >= 0.6 is 0 Å². The van der Waals surface area contributed by atoms with Gasteiger partial charge in [-0.1, -0.05) is 90.0 Å². The van der Waals surface area contributed by atoms with E-state index < -0.39 is 36.3 Å². The Bertz CT molecular complexity index is 868. The van der Waals surface area contributed by atoms with Crippen LogP contribution in [0, 0.1) is 11.8 Å². The topological polar surface area (TPSA) is 125 Å². The molecule has 0 fully saturated rings. The summed E-state index contributed by atoms with van der Waals surface area (Å²) in [5.74, 6) is -0.216. The third kappa shape index (κ3) is 17.8. The molecule has 4 N–H and O–H groups in total. The second-order valence-electron chi connectivity index (χ2n) is 12.3. The zero-order chi connectivity index (χ0) is 32.0. The summed E-state index contributed by atoms with van der Waals surface area (Å²) >= 11 is 0. The molecule has 0 radical (unpaired) electrons. The molecular formula is C35H61NO7. The molecule has 0 aliphatic carbocycles. The lowest BCUT2D eigenvalue weighted by Gasteiger charge is -2.22. The molecule has 1 aliphatic rings. The molecule has 1 rings (SSSR count). The lowest BCUT2D eigenvalue weighted by molar-refractivity contribution is -0.152. The van der Waals surface area contributed by atoms with E-state index in [0.717, 1.165) is 24.8 Å². The SMILES string of the molecule is CCC[C@@H]1OC(=O)/C(C)=C/[C@H](C)CCCCCCCCC(CC)/C=C/C=C(\COC)CC[C@@H](O)[C@@H](O)C[C@H](O)CNC1=O. The highest BCUT2D eigenvalue weighted by molar-refractivity contribution is 5.91. The van der Waals surface area contributed by atoms with Gasteiger partial charge in [0.25, 0.3) is 5.91 Å². The van der Waals surface area contributed by atoms with Crippen molar-refractivity contribution in [3.8, 4) is 0 Å². The number of carbonyl (C=O) groups is 2. The molecule has 0 saturated carbocycles. The Morgan fingerprint density at radius 3 is 2.30 bits per heavy atom. The van der Waals surface area contributed by atoms with E-state index in [1.807, 2.05) is 19.1 Å². The molecule has 0 aromatic rings. The van der Waals surface area contributed by atoms with Crippen molar-refractivity contribution in [1.29, 1.82) is 0 Å². The Hall–Kier alpha value is -2.00. The molecule has 0 aromatic heterocycles. The average molecular weight is 608 g/mol. The number of cyclic esters (lactones) is 1.